The van der Waals surface area contributed by atoms with E-state index in [1.165, 1.54) is 0 Å². The molecule has 126 valence electrons. The highest BCUT2D eigenvalue weighted by Gasteiger charge is 2.15. The van der Waals surface area contributed by atoms with Crippen LogP contribution in [0.1, 0.15) is 18.1 Å². The number of aromatic nitrogens is 2. The van der Waals surface area contributed by atoms with Crippen LogP contribution in [0.3, 0.4) is 0 Å². The average Bonchev–Trinajstić information content (AvgIpc) is 2.98. The van der Waals surface area contributed by atoms with Crippen LogP contribution in [0.25, 0.3) is 22.7 Å². The zero-order chi connectivity index (χ0) is 16.9. The molecule has 3 aromatic rings. The fraction of sp³-hybridized carbons (Fsp3) is 0.333. The van der Waals surface area contributed by atoms with Crippen molar-refractivity contribution in [3.63, 3.8) is 0 Å². The number of aryl methyl sites for hydroxylation is 1. The van der Waals surface area contributed by atoms with E-state index in [2.05, 4.69) is 23.0 Å². The number of thioether (sulfide) groups is 1. The Kier molecular flexibility index (Phi) is 5.50. The standard InChI is InChI=1S/C18H20N2O3S/c1-4-24-16-8-13(10-22-11-21-3)9-19-17(16)18-20-14-7-12(2)5-6-15(14)23-18/h5-9H,4,10-11H2,1-3H3. The van der Waals surface area contributed by atoms with Gasteiger partial charge in [0, 0.05) is 18.2 Å². The van der Waals surface area contributed by atoms with Crippen LogP contribution >= 0.6 is 11.8 Å². The molecule has 5 nitrogen and oxygen atoms in total. The van der Waals surface area contributed by atoms with Crippen molar-refractivity contribution < 1.29 is 13.9 Å². The molecule has 0 saturated carbocycles. The predicted octanol–water partition coefficient (Wildman–Crippen LogP) is 4.43. The van der Waals surface area contributed by atoms with Crippen molar-refractivity contribution in [2.24, 2.45) is 0 Å². The largest absolute Gasteiger partial charge is 0.435 e. The first-order chi connectivity index (χ1) is 11.7. The molecule has 0 atom stereocenters. The van der Waals surface area contributed by atoms with E-state index in [1.807, 2.05) is 25.1 Å². The lowest BCUT2D eigenvalue weighted by molar-refractivity contribution is -0.0391. The van der Waals surface area contributed by atoms with Gasteiger partial charge < -0.3 is 13.9 Å². The second-order valence-corrected chi connectivity index (χ2v) is 6.67. The maximum atomic E-state index is 5.90. The van der Waals surface area contributed by atoms with Crippen molar-refractivity contribution in [2.45, 2.75) is 25.3 Å². The van der Waals surface area contributed by atoms with Gasteiger partial charge in [-0.25, -0.2) is 9.97 Å². The molecule has 0 spiro atoms. The van der Waals surface area contributed by atoms with Crippen LogP contribution in [-0.4, -0.2) is 29.6 Å². The molecular formula is C18H20N2O3S. The molecule has 3 rings (SSSR count). The zero-order valence-corrected chi connectivity index (χ0v) is 14.9. The van der Waals surface area contributed by atoms with E-state index in [-0.39, 0.29) is 6.79 Å². The monoisotopic (exact) mass is 344 g/mol. The molecule has 1 aromatic carbocycles. The topological polar surface area (TPSA) is 57.4 Å². The Labute approximate surface area is 145 Å². The smallest absolute Gasteiger partial charge is 0.247 e. The minimum Gasteiger partial charge on any atom is -0.435 e. The molecule has 0 bridgehead atoms. The van der Waals surface area contributed by atoms with Gasteiger partial charge in [0.15, 0.2) is 5.58 Å². The van der Waals surface area contributed by atoms with Crippen molar-refractivity contribution >= 4 is 22.9 Å². The van der Waals surface area contributed by atoms with Crippen molar-refractivity contribution in [2.75, 3.05) is 19.7 Å². The van der Waals surface area contributed by atoms with E-state index >= 15 is 0 Å². The Hall–Kier alpha value is -1.89. The summed E-state index contributed by atoms with van der Waals surface area (Å²) < 4.78 is 16.2. The first-order valence-electron chi connectivity index (χ1n) is 7.77. The highest BCUT2D eigenvalue weighted by molar-refractivity contribution is 7.99. The molecule has 6 heteroatoms. The highest BCUT2D eigenvalue weighted by atomic mass is 32.2. The van der Waals surface area contributed by atoms with E-state index < -0.39 is 0 Å². The van der Waals surface area contributed by atoms with E-state index in [4.69, 9.17) is 13.9 Å². The third-order valence-electron chi connectivity index (χ3n) is 3.42. The minimum absolute atomic E-state index is 0.266. The molecule has 0 saturated heterocycles. The summed E-state index contributed by atoms with van der Waals surface area (Å²) in [6, 6.07) is 8.05. The SMILES string of the molecule is CCSc1cc(COCOC)cnc1-c1nc2cc(C)ccc2o1. The van der Waals surface area contributed by atoms with E-state index in [0.29, 0.717) is 12.5 Å². The minimum atomic E-state index is 0.266. The quantitative estimate of drug-likeness (QED) is 0.359. The third-order valence-corrected chi connectivity index (χ3v) is 4.34. The Balaban J connectivity index is 1.95. The molecule has 0 N–H and O–H groups in total. The average molecular weight is 344 g/mol. The lowest BCUT2D eigenvalue weighted by Crippen LogP contribution is -1.99. The van der Waals surface area contributed by atoms with Gasteiger partial charge in [-0.15, -0.1) is 11.8 Å². The number of fused-ring (bicyclic) bond motifs is 1. The van der Waals surface area contributed by atoms with Gasteiger partial charge in [0.2, 0.25) is 5.89 Å². The summed E-state index contributed by atoms with van der Waals surface area (Å²) in [6.07, 6.45) is 1.80. The first-order valence-corrected chi connectivity index (χ1v) is 8.75. The van der Waals surface area contributed by atoms with E-state index in [1.54, 1.807) is 25.1 Å². The number of methoxy groups -OCH3 is 1. The summed E-state index contributed by atoms with van der Waals surface area (Å²) in [6.45, 7) is 4.88. The lowest BCUT2D eigenvalue weighted by Gasteiger charge is -2.08. The van der Waals surface area contributed by atoms with Crippen molar-refractivity contribution in [3.05, 3.63) is 41.6 Å². The summed E-state index contributed by atoms with van der Waals surface area (Å²) >= 11 is 1.71. The van der Waals surface area contributed by atoms with Gasteiger partial charge in [0.25, 0.3) is 0 Å². The predicted molar refractivity (Wildman–Crippen MR) is 95.0 cm³/mol. The Morgan fingerprint density at radius 2 is 2.12 bits per heavy atom. The fourth-order valence-electron chi connectivity index (χ4n) is 2.37. The summed E-state index contributed by atoms with van der Waals surface area (Å²) in [5, 5.41) is 0. The fourth-order valence-corrected chi connectivity index (χ4v) is 3.19. The molecule has 0 radical (unpaired) electrons. The first kappa shape index (κ1) is 17.0. The van der Waals surface area contributed by atoms with Crippen LogP contribution in [0, 0.1) is 6.92 Å². The molecule has 24 heavy (non-hydrogen) atoms. The Morgan fingerprint density at radius 1 is 1.25 bits per heavy atom. The lowest BCUT2D eigenvalue weighted by atomic mass is 10.2. The maximum Gasteiger partial charge on any atom is 0.247 e. The second-order valence-electron chi connectivity index (χ2n) is 5.37. The van der Waals surface area contributed by atoms with E-state index in [9.17, 15) is 0 Å². The molecule has 0 aliphatic carbocycles. The van der Waals surface area contributed by atoms with Gasteiger partial charge in [-0.3, -0.25) is 0 Å². The summed E-state index contributed by atoms with van der Waals surface area (Å²) in [4.78, 5) is 10.2. The van der Waals surface area contributed by atoms with Crippen molar-refractivity contribution in [3.8, 4) is 11.6 Å². The molecule has 0 fully saturated rings. The normalized spacial score (nSPS) is 11.3. The molecule has 0 aliphatic heterocycles. The summed E-state index contributed by atoms with van der Waals surface area (Å²) in [5.74, 6) is 1.49. The van der Waals surface area contributed by atoms with Crippen molar-refractivity contribution in [1.82, 2.24) is 9.97 Å². The van der Waals surface area contributed by atoms with Crippen LogP contribution in [0.2, 0.25) is 0 Å². The van der Waals surface area contributed by atoms with Gasteiger partial charge in [0.1, 0.15) is 18.0 Å². The Morgan fingerprint density at radius 3 is 2.92 bits per heavy atom. The summed E-state index contributed by atoms with van der Waals surface area (Å²) in [7, 11) is 1.61. The van der Waals surface area contributed by atoms with Crippen LogP contribution in [0.5, 0.6) is 0 Å². The number of hydrogen-bond acceptors (Lipinski definition) is 6. The molecule has 2 heterocycles. The maximum absolute atomic E-state index is 5.90. The number of benzene rings is 1. The summed E-state index contributed by atoms with van der Waals surface area (Å²) in [5.41, 5.74) is 4.55. The van der Waals surface area contributed by atoms with Gasteiger partial charge in [0.05, 0.1) is 6.61 Å². The number of rotatable bonds is 7. The molecule has 0 amide bonds. The molecular weight excluding hydrogens is 324 g/mol. The van der Waals surface area contributed by atoms with E-state index in [0.717, 1.165) is 38.6 Å². The number of hydrogen-bond donors (Lipinski definition) is 0. The van der Waals surface area contributed by atoms with Gasteiger partial charge in [-0.1, -0.05) is 13.0 Å². The third kappa shape index (κ3) is 3.77. The second kappa shape index (κ2) is 7.79. The molecule has 0 unspecified atom stereocenters. The number of ether oxygens (including phenoxy) is 2. The van der Waals surface area contributed by atoms with Crippen LogP contribution in [0.15, 0.2) is 39.8 Å². The zero-order valence-electron chi connectivity index (χ0n) is 14.0. The van der Waals surface area contributed by atoms with Gasteiger partial charge in [-0.2, -0.15) is 0 Å². The van der Waals surface area contributed by atoms with Gasteiger partial charge in [-0.05, 0) is 42.0 Å². The van der Waals surface area contributed by atoms with Crippen molar-refractivity contribution in [1.29, 1.82) is 0 Å². The Bertz CT molecular complexity index is 832. The number of pyridine rings is 1. The highest BCUT2D eigenvalue weighted by Crippen LogP contribution is 2.32. The van der Waals surface area contributed by atoms with Crippen LogP contribution < -0.4 is 0 Å². The number of oxazole rings is 1. The van der Waals surface area contributed by atoms with Crippen LogP contribution in [-0.2, 0) is 16.1 Å². The van der Waals surface area contributed by atoms with Gasteiger partial charge >= 0.3 is 0 Å². The molecule has 0 aliphatic rings. The molecule has 2 aromatic heterocycles. The number of nitrogens with zero attached hydrogens (tertiary/aromatic N) is 2. The van der Waals surface area contributed by atoms with Crippen LogP contribution in [0.4, 0.5) is 0 Å².